The van der Waals surface area contributed by atoms with E-state index >= 15 is 4.39 Å². The topological polar surface area (TPSA) is 122 Å². The summed E-state index contributed by atoms with van der Waals surface area (Å²) < 4.78 is 49.7. The van der Waals surface area contributed by atoms with Crippen molar-refractivity contribution in [2.75, 3.05) is 31.2 Å². The minimum absolute atomic E-state index is 0.0282. The van der Waals surface area contributed by atoms with E-state index in [-0.39, 0.29) is 58.9 Å². The Morgan fingerprint density at radius 2 is 2.16 bits per heavy atom. The molecule has 1 saturated heterocycles. The van der Waals surface area contributed by atoms with Crippen molar-refractivity contribution in [1.29, 1.82) is 0 Å². The number of nitrogen functional groups attached to an aromatic ring is 1. The molecule has 12 heteroatoms. The molecule has 2 aliphatic rings. The smallest absolute Gasteiger partial charge is 0.319 e. The molecule has 4 heterocycles. The first-order valence-electron chi connectivity index (χ1n) is 12.1. The number of allylic oxidation sites excluding steroid dienone is 1. The van der Waals surface area contributed by atoms with Gasteiger partial charge in [0.05, 0.1) is 17.9 Å². The van der Waals surface area contributed by atoms with Crippen LogP contribution in [0, 0.1) is 11.6 Å². The van der Waals surface area contributed by atoms with Crippen LogP contribution in [0.2, 0.25) is 0 Å². The van der Waals surface area contributed by atoms with Gasteiger partial charge in [0.2, 0.25) is 0 Å². The van der Waals surface area contributed by atoms with Gasteiger partial charge in [-0.3, -0.25) is 9.69 Å². The lowest BCUT2D eigenvalue weighted by Crippen LogP contribution is -2.48. The van der Waals surface area contributed by atoms with Crippen molar-refractivity contribution < 1.29 is 17.9 Å². The van der Waals surface area contributed by atoms with Crippen molar-refractivity contribution in [2.24, 2.45) is 0 Å². The van der Waals surface area contributed by atoms with Crippen LogP contribution in [0.15, 0.2) is 23.6 Å². The molecule has 0 spiro atoms. The van der Waals surface area contributed by atoms with Crippen molar-refractivity contribution in [3.63, 3.8) is 0 Å². The summed E-state index contributed by atoms with van der Waals surface area (Å²) in [6.07, 6.45) is 2.56. The number of aromatic amines is 1. The molecular weight excluding hydrogens is 487 g/mol. The van der Waals surface area contributed by atoms with Gasteiger partial charge < -0.3 is 20.8 Å². The van der Waals surface area contributed by atoms with Crippen LogP contribution < -0.4 is 21.3 Å². The fourth-order valence-corrected chi connectivity index (χ4v) is 4.41. The molecular formula is C25H28F3N7O2. The van der Waals surface area contributed by atoms with E-state index in [0.29, 0.717) is 18.4 Å². The molecule has 1 saturated carbocycles. The van der Waals surface area contributed by atoms with Crippen molar-refractivity contribution in [1.82, 2.24) is 24.8 Å². The van der Waals surface area contributed by atoms with Crippen LogP contribution in [-0.4, -0.2) is 56.7 Å². The summed E-state index contributed by atoms with van der Waals surface area (Å²) in [5.41, 5.74) is 3.75. The van der Waals surface area contributed by atoms with E-state index in [9.17, 15) is 13.6 Å². The van der Waals surface area contributed by atoms with Crippen LogP contribution in [-0.2, 0) is 0 Å². The van der Waals surface area contributed by atoms with E-state index in [1.165, 1.54) is 6.07 Å². The number of nitrogens with zero attached hydrogens (tertiary/aromatic N) is 4. The minimum atomic E-state index is -1.43. The first-order valence-corrected chi connectivity index (χ1v) is 12.1. The summed E-state index contributed by atoms with van der Waals surface area (Å²) in [5, 5.41) is 2.83. The van der Waals surface area contributed by atoms with E-state index in [0.717, 1.165) is 19.2 Å². The standard InChI is InChI=1S/C25H28F3N7O2/c1-12(9-25(28)5-6-25)19-18(27)20-17(23(36)32-19)22(31-13(2)16-8-14(26)10-30-21(16)29)34-24(33-20)37-11-15-4-7-35(15)3/h8,10,13,15H,1,4-7,9,11H2,2-3H3,(H2,29,30)(H,32,36)(H,31,33,34)/t13-,15-/m1/s1. The lowest BCUT2D eigenvalue weighted by Gasteiger charge is -2.37. The van der Waals surface area contributed by atoms with Gasteiger partial charge in [-0.05, 0) is 51.4 Å². The highest BCUT2D eigenvalue weighted by Crippen LogP contribution is 2.46. The Bertz CT molecular complexity index is 1440. The van der Waals surface area contributed by atoms with Gasteiger partial charge in [-0.15, -0.1) is 0 Å². The van der Waals surface area contributed by atoms with Gasteiger partial charge in [-0.1, -0.05) is 6.58 Å². The lowest BCUT2D eigenvalue weighted by atomic mass is 10.0. The molecule has 3 aromatic heterocycles. The van der Waals surface area contributed by atoms with Crippen LogP contribution in [0.25, 0.3) is 16.5 Å². The number of H-pyrrole nitrogens is 1. The zero-order valence-corrected chi connectivity index (χ0v) is 20.6. The number of hydrogen-bond acceptors (Lipinski definition) is 8. The molecule has 0 unspecified atom stereocenters. The number of rotatable bonds is 9. The number of likely N-dealkylation sites (N-methyl/N-ethyl adjacent to an activating group) is 1. The average Bonchev–Trinajstić information content (AvgIpc) is 3.57. The summed E-state index contributed by atoms with van der Waals surface area (Å²) in [7, 11) is 1.96. The number of aromatic nitrogens is 4. The second kappa shape index (κ2) is 9.33. The van der Waals surface area contributed by atoms with Gasteiger partial charge in [0.25, 0.3) is 5.56 Å². The molecule has 196 valence electrons. The van der Waals surface area contributed by atoms with Crippen molar-refractivity contribution in [3.8, 4) is 6.01 Å². The quantitative estimate of drug-likeness (QED) is 0.394. The van der Waals surface area contributed by atoms with Gasteiger partial charge in [0, 0.05) is 18.0 Å². The molecule has 37 heavy (non-hydrogen) atoms. The zero-order chi connectivity index (χ0) is 26.5. The maximum atomic E-state index is 15.8. The third-order valence-electron chi connectivity index (χ3n) is 7.04. The minimum Gasteiger partial charge on any atom is -0.462 e. The van der Waals surface area contributed by atoms with Gasteiger partial charge in [-0.2, -0.15) is 9.97 Å². The van der Waals surface area contributed by atoms with Crippen molar-refractivity contribution in [2.45, 2.75) is 50.4 Å². The third kappa shape index (κ3) is 4.97. The van der Waals surface area contributed by atoms with E-state index < -0.39 is 28.9 Å². The summed E-state index contributed by atoms with van der Waals surface area (Å²) in [6.45, 7) is 6.67. The molecule has 5 rings (SSSR count). The largest absolute Gasteiger partial charge is 0.462 e. The van der Waals surface area contributed by atoms with Crippen LogP contribution in [0.1, 0.15) is 49.9 Å². The predicted molar refractivity (Wildman–Crippen MR) is 134 cm³/mol. The molecule has 4 N–H and O–H groups in total. The number of likely N-dealkylation sites (tertiary alicyclic amines) is 1. The highest BCUT2D eigenvalue weighted by Gasteiger charge is 2.43. The number of nitrogens with one attached hydrogen (secondary N) is 2. The number of alkyl halides is 1. The Labute approximate surface area is 211 Å². The fourth-order valence-electron chi connectivity index (χ4n) is 4.41. The second-order valence-corrected chi connectivity index (χ2v) is 9.88. The third-order valence-corrected chi connectivity index (χ3v) is 7.04. The first kappa shape index (κ1) is 25.0. The van der Waals surface area contributed by atoms with Crippen LogP contribution >= 0.6 is 0 Å². The molecule has 9 nitrogen and oxygen atoms in total. The van der Waals surface area contributed by atoms with Gasteiger partial charge >= 0.3 is 6.01 Å². The molecule has 0 bridgehead atoms. The van der Waals surface area contributed by atoms with E-state index in [1.54, 1.807) is 6.92 Å². The number of ether oxygens (including phenoxy) is 1. The number of anilines is 2. The maximum Gasteiger partial charge on any atom is 0.319 e. The lowest BCUT2D eigenvalue weighted by molar-refractivity contribution is 0.0732. The molecule has 2 atom stereocenters. The number of fused-ring (bicyclic) bond motifs is 1. The van der Waals surface area contributed by atoms with E-state index in [1.807, 2.05) is 7.05 Å². The Morgan fingerprint density at radius 3 is 2.81 bits per heavy atom. The SMILES string of the molecule is C=C(CC1(F)CC1)c1[nH]c(=O)c2c(N[C@H](C)c3cc(F)cnc3N)nc(OC[C@H]3CCN3C)nc2c1F. The highest BCUT2D eigenvalue weighted by atomic mass is 19.1. The Morgan fingerprint density at radius 1 is 1.41 bits per heavy atom. The highest BCUT2D eigenvalue weighted by molar-refractivity contribution is 5.91. The van der Waals surface area contributed by atoms with Crippen LogP contribution in [0.4, 0.5) is 24.8 Å². The number of halogens is 3. The number of hydrogen-bond donors (Lipinski definition) is 3. The Balaban J connectivity index is 1.56. The summed E-state index contributed by atoms with van der Waals surface area (Å²) in [4.78, 5) is 30.1. The summed E-state index contributed by atoms with van der Waals surface area (Å²) in [5.74, 6) is -1.39. The van der Waals surface area contributed by atoms with Gasteiger partial charge in [-0.25, -0.2) is 18.2 Å². The van der Waals surface area contributed by atoms with Crippen molar-refractivity contribution in [3.05, 3.63) is 52.1 Å². The first-order chi connectivity index (χ1) is 17.5. The molecule has 0 aromatic carbocycles. The molecule has 1 aliphatic carbocycles. The van der Waals surface area contributed by atoms with Crippen molar-refractivity contribution >= 4 is 28.1 Å². The molecule has 3 aromatic rings. The predicted octanol–water partition coefficient (Wildman–Crippen LogP) is 3.73. The maximum absolute atomic E-state index is 15.8. The normalized spacial score (nSPS) is 19.3. The molecule has 0 radical (unpaired) electrons. The molecule has 0 amide bonds. The Hall–Kier alpha value is -3.67. The van der Waals surface area contributed by atoms with Gasteiger partial charge in [0.1, 0.15) is 40.6 Å². The number of nitrogens with two attached hydrogens (primary N) is 1. The molecule has 1 aliphatic heterocycles. The van der Waals surface area contributed by atoms with E-state index in [2.05, 4.69) is 36.7 Å². The Kier molecular flexibility index (Phi) is 6.30. The van der Waals surface area contributed by atoms with Crippen LogP contribution in [0.5, 0.6) is 6.01 Å². The average molecular weight is 516 g/mol. The van der Waals surface area contributed by atoms with E-state index in [4.69, 9.17) is 10.5 Å². The summed E-state index contributed by atoms with van der Waals surface area (Å²) >= 11 is 0. The number of pyridine rings is 2. The zero-order valence-electron chi connectivity index (χ0n) is 20.6. The molecule has 2 fully saturated rings. The van der Waals surface area contributed by atoms with Crippen LogP contribution in [0.3, 0.4) is 0 Å². The van der Waals surface area contributed by atoms with Gasteiger partial charge in [0.15, 0.2) is 5.82 Å². The second-order valence-electron chi connectivity index (χ2n) is 9.88. The fraction of sp³-hybridized carbons (Fsp3) is 0.440. The summed E-state index contributed by atoms with van der Waals surface area (Å²) in [6, 6.07) is 0.569. The monoisotopic (exact) mass is 515 g/mol.